The molecule has 0 spiro atoms. The predicted octanol–water partition coefficient (Wildman–Crippen LogP) is 5.29. The first-order valence-electron chi connectivity index (χ1n) is 7.46. The van der Waals surface area contributed by atoms with Crippen LogP contribution in [0.3, 0.4) is 0 Å². The van der Waals surface area contributed by atoms with Crippen LogP contribution in [-0.4, -0.2) is 20.2 Å². The van der Waals surface area contributed by atoms with E-state index in [-0.39, 0.29) is 12.3 Å². The zero-order valence-electron chi connectivity index (χ0n) is 12.8. The Hall–Kier alpha value is -1.02. The summed E-state index contributed by atoms with van der Waals surface area (Å²) in [4.78, 5) is 0. The summed E-state index contributed by atoms with van der Waals surface area (Å²) in [6.45, 7) is 0. The summed E-state index contributed by atoms with van der Waals surface area (Å²) < 4.78 is 0. The highest BCUT2D eigenvalue weighted by Crippen LogP contribution is 2.41. The van der Waals surface area contributed by atoms with E-state index in [4.69, 9.17) is 70.8 Å². The van der Waals surface area contributed by atoms with Crippen molar-refractivity contribution in [3.63, 3.8) is 0 Å². The number of hydrazine groups is 1. The fourth-order valence-electron chi connectivity index (χ4n) is 3.03. The lowest BCUT2D eigenvalue weighted by atomic mass is 10.1. The van der Waals surface area contributed by atoms with Gasteiger partial charge >= 0.3 is 0 Å². The van der Waals surface area contributed by atoms with Crippen LogP contribution < -0.4 is 10.6 Å². The van der Waals surface area contributed by atoms with E-state index in [0.717, 1.165) is 11.1 Å². The van der Waals surface area contributed by atoms with Gasteiger partial charge in [0.2, 0.25) is 0 Å². The fourth-order valence-corrected chi connectivity index (χ4v) is 4.67. The number of thiocarbonyl (C=S) groups is 2. The molecule has 26 heavy (non-hydrogen) atoms. The maximum Gasteiger partial charge on any atom is 0.192 e. The number of nitrogens with zero attached hydrogens (tertiary/aromatic N) is 2. The van der Waals surface area contributed by atoms with Crippen LogP contribution in [0.2, 0.25) is 20.1 Å². The van der Waals surface area contributed by atoms with Crippen LogP contribution >= 0.6 is 70.8 Å². The largest absolute Gasteiger partial charge is 0.336 e. The van der Waals surface area contributed by atoms with Crippen molar-refractivity contribution in [1.82, 2.24) is 20.7 Å². The number of hydrogen-bond donors (Lipinski definition) is 2. The van der Waals surface area contributed by atoms with Crippen molar-refractivity contribution in [3.05, 3.63) is 67.6 Å². The molecule has 2 aromatic carbocycles. The minimum atomic E-state index is -0.344. The molecule has 2 fully saturated rings. The van der Waals surface area contributed by atoms with Gasteiger partial charge in [0.25, 0.3) is 0 Å². The van der Waals surface area contributed by atoms with Gasteiger partial charge in [-0.2, -0.15) is 0 Å². The second kappa shape index (κ2) is 6.86. The van der Waals surface area contributed by atoms with E-state index in [0.29, 0.717) is 30.3 Å². The molecule has 10 heteroatoms. The molecule has 0 bridgehead atoms. The highest BCUT2D eigenvalue weighted by Gasteiger charge is 2.48. The van der Waals surface area contributed by atoms with E-state index in [1.807, 2.05) is 22.2 Å². The van der Waals surface area contributed by atoms with Crippen LogP contribution in [0.4, 0.5) is 0 Å². The third kappa shape index (κ3) is 2.99. The summed E-state index contributed by atoms with van der Waals surface area (Å²) in [7, 11) is 0. The molecule has 0 amide bonds. The summed E-state index contributed by atoms with van der Waals surface area (Å²) in [5.74, 6) is 0. The van der Waals surface area contributed by atoms with Gasteiger partial charge in [-0.05, 0) is 48.7 Å². The van der Waals surface area contributed by atoms with Crippen molar-refractivity contribution >= 4 is 81.1 Å². The average molecular weight is 464 g/mol. The third-order valence-corrected chi connectivity index (χ3v) is 5.91. The first-order chi connectivity index (χ1) is 12.4. The summed E-state index contributed by atoms with van der Waals surface area (Å²) in [6.07, 6.45) is -0.688. The molecule has 0 radical (unpaired) electrons. The number of halogens is 4. The van der Waals surface area contributed by atoms with Crippen molar-refractivity contribution in [2.45, 2.75) is 12.3 Å². The monoisotopic (exact) mass is 462 g/mol. The Balaban J connectivity index is 1.73. The van der Waals surface area contributed by atoms with Crippen molar-refractivity contribution in [2.24, 2.45) is 0 Å². The predicted molar refractivity (Wildman–Crippen MR) is 114 cm³/mol. The van der Waals surface area contributed by atoms with E-state index < -0.39 is 0 Å². The maximum absolute atomic E-state index is 6.38. The van der Waals surface area contributed by atoms with Gasteiger partial charge in [-0.1, -0.05) is 58.5 Å². The molecule has 2 aromatic rings. The summed E-state index contributed by atoms with van der Waals surface area (Å²) >= 11 is 35.8. The Morgan fingerprint density at radius 2 is 1.08 bits per heavy atom. The second-order valence-corrected chi connectivity index (χ2v) is 8.19. The van der Waals surface area contributed by atoms with Crippen molar-refractivity contribution in [1.29, 1.82) is 0 Å². The van der Waals surface area contributed by atoms with E-state index in [1.165, 1.54) is 0 Å². The van der Waals surface area contributed by atoms with Crippen molar-refractivity contribution in [2.75, 3.05) is 0 Å². The highest BCUT2D eigenvalue weighted by molar-refractivity contribution is 7.80. The van der Waals surface area contributed by atoms with E-state index in [1.54, 1.807) is 24.3 Å². The van der Waals surface area contributed by atoms with Crippen molar-refractivity contribution < 1.29 is 0 Å². The van der Waals surface area contributed by atoms with E-state index >= 15 is 0 Å². The number of nitrogens with one attached hydrogen (secondary N) is 2. The minimum absolute atomic E-state index is 0.344. The second-order valence-electron chi connectivity index (χ2n) is 5.72. The van der Waals surface area contributed by atoms with E-state index in [9.17, 15) is 0 Å². The molecule has 134 valence electrons. The smallest absolute Gasteiger partial charge is 0.192 e. The zero-order chi connectivity index (χ0) is 18.6. The molecule has 0 aliphatic carbocycles. The molecular weight excluding hydrogens is 454 g/mol. The maximum atomic E-state index is 6.38. The SMILES string of the molecule is S=C1NC(c2ccc(Cl)cc2Cl)N2C(=S)NC(c3ccc(Cl)cc3Cl)N12. The molecule has 2 N–H and O–H groups in total. The Morgan fingerprint density at radius 1 is 0.692 bits per heavy atom. The van der Waals surface area contributed by atoms with Gasteiger partial charge in [0.1, 0.15) is 0 Å². The average Bonchev–Trinajstić information content (AvgIpc) is 3.07. The van der Waals surface area contributed by atoms with Gasteiger partial charge in [0, 0.05) is 31.2 Å². The lowest BCUT2D eigenvalue weighted by Gasteiger charge is -2.27. The number of hydrogen-bond acceptors (Lipinski definition) is 2. The van der Waals surface area contributed by atoms with Crippen molar-refractivity contribution in [3.8, 4) is 0 Å². The van der Waals surface area contributed by atoms with Crippen LogP contribution in [0, 0.1) is 0 Å². The lowest BCUT2D eigenvalue weighted by molar-refractivity contribution is 0.114. The first kappa shape index (κ1) is 18.3. The van der Waals surface area contributed by atoms with Crippen LogP contribution in [0.1, 0.15) is 23.5 Å². The summed E-state index contributed by atoms with van der Waals surface area (Å²) in [5, 5.41) is 13.4. The van der Waals surface area contributed by atoms with Crippen LogP contribution in [0.25, 0.3) is 0 Å². The zero-order valence-corrected chi connectivity index (χ0v) is 17.5. The van der Waals surface area contributed by atoms with Gasteiger partial charge in [-0.15, -0.1) is 0 Å². The Labute approximate surface area is 180 Å². The quantitative estimate of drug-likeness (QED) is 0.588. The van der Waals surface area contributed by atoms with Gasteiger partial charge < -0.3 is 10.6 Å². The number of benzene rings is 2. The molecule has 2 aliphatic heterocycles. The molecule has 0 aromatic heterocycles. The minimum Gasteiger partial charge on any atom is -0.336 e. The molecule has 4 rings (SSSR count). The van der Waals surface area contributed by atoms with E-state index in [2.05, 4.69) is 10.6 Å². The van der Waals surface area contributed by atoms with Gasteiger partial charge in [0.15, 0.2) is 22.6 Å². The molecule has 4 nitrogen and oxygen atoms in total. The molecule has 2 unspecified atom stereocenters. The van der Waals surface area contributed by atoms with Crippen LogP contribution in [-0.2, 0) is 0 Å². The summed E-state index contributed by atoms with van der Waals surface area (Å²) in [6, 6.07) is 10.6. The molecule has 2 heterocycles. The highest BCUT2D eigenvalue weighted by atomic mass is 35.5. The summed E-state index contributed by atoms with van der Waals surface area (Å²) in [5.41, 5.74) is 1.63. The molecule has 0 saturated carbocycles. The van der Waals surface area contributed by atoms with Crippen LogP contribution in [0.5, 0.6) is 0 Å². The Morgan fingerprint density at radius 3 is 1.42 bits per heavy atom. The topological polar surface area (TPSA) is 30.5 Å². The molecule has 2 aliphatic rings. The van der Waals surface area contributed by atoms with Crippen LogP contribution in [0.15, 0.2) is 36.4 Å². The first-order valence-corrected chi connectivity index (χ1v) is 9.79. The van der Waals surface area contributed by atoms with Gasteiger partial charge in [-0.3, -0.25) is 0 Å². The molecular formula is C16H10Cl4N4S2. The normalized spacial score (nSPS) is 21.7. The third-order valence-electron chi connectivity index (χ3n) is 4.17. The Bertz CT molecular complexity index is 863. The standard InChI is InChI=1S/C16H10Cl4N4S2/c17-7-1-3-9(11(19)5-7)13-21-15(25)24-14(22-16(26)23(13)24)10-4-2-8(18)6-12(10)20/h1-6,13-14H,(H,21,25)(H,22,26). The fraction of sp³-hybridized carbons (Fsp3) is 0.125. The number of fused-ring (bicyclic) bond motifs is 1. The molecule has 2 saturated heterocycles. The Kier molecular flexibility index (Phi) is 4.84. The van der Waals surface area contributed by atoms with Gasteiger partial charge in [-0.25, -0.2) is 10.0 Å². The molecule has 2 atom stereocenters. The number of rotatable bonds is 2. The van der Waals surface area contributed by atoms with Gasteiger partial charge in [0.05, 0.1) is 0 Å². The lowest BCUT2D eigenvalue weighted by Crippen LogP contribution is -2.36.